The summed E-state index contributed by atoms with van der Waals surface area (Å²) in [5, 5.41) is 6.51. The molecule has 0 bridgehead atoms. The van der Waals surface area contributed by atoms with Crippen LogP contribution in [0, 0.1) is 5.92 Å². The molecular weight excluding hydrogens is 300 g/mol. The first kappa shape index (κ1) is 21.2. The lowest BCUT2D eigenvalue weighted by Crippen LogP contribution is -2.53. The van der Waals surface area contributed by atoms with Gasteiger partial charge in [-0.2, -0.15) is 0 Å². The largest absolute Gasteiger partial charge is 0.356 e. The monoisotopic (exact) mass is 334 g/mol. The second-order valence-electron chi connectivity index (χ2n) is 6.48. The number of aliphatic imine (C=N–C) groups is 1. The van der Waals surface area contributed by atoms with Gasteiger partial charge in [-0.1, -0.05) is 33.1 Å². The van der Waals surface area contributed by atoms with E-state index in [0.717, 1.165) is 13.0 Å². The smallest absolute Gasteiger partial charge is 0.209 e. The van der Waals surface area contributed by atoms with Crippen molar-refractivity contribution in [3.8, 4) is 0 Å². The van der Waals surface area contributed by atoms with E-state index in [4.69, 9.17) is 0 Å². The van der Waals surface area contributed by atoms with Crippen molar-refractivity contribution in [3.63, 3.8) is 0 Å². The van der Waals surface area contributed by atoms with E-state index in [2.05, 4.69) is 34.2 Å². The van der Waals surface area contributed by atoms with Crippen LogP contribution in [0.25, 0.3) is 0 Å². The Balaban J connectivity index is 4.33. The molecule has 0 amide bonds. The molecule has 6 nitrogen and oxygen atoms in total. The van der Waals surface area contributed by atoms with Gasteiger partial charge in [-0.15, -0.1) is 0 Å². The fraction of sp³-hybridized carbons (Fsp3) is 0.933. The second kappa shape index (κ2) is 10.0. The van der Waals surface area contributed by atoms with E-state index in [1.165, 1.54) is 25.5 Å². The number of guanidine groups is 1. The minimum Gasteiger partial charge on any atom is -0.356 e. The molecule has 1 atom stereocenters. The molecule has 22 heavy (non-hydrogen) atoms. The third kappa shape index (κ3) is 10.8. The number of sulfonamides is 1. The van der Waals surface area contributed by atoms with Gasteiger partial charge in [0.2, 0.25) is 10.0 Å². The van der Waals surface area contributed by atoms with Gasteiger partial charge in [0, 0.05) is 25.7 Å². The summed E-state index contributed by atoms with van der Waals surface area (Å²) in [6.07, 6.45) is 6.00. The standard InChI is InChI=1S/C15H34N4O2S/c1-7-9-10-13(8-2)11-17-14(16-5)18-12-15(3,4)19-22(6,20)21/h13,19H,7-12H2,1-6H3,(H2,16,17,18). The van der Waals surface area contributed by atoms with Crippen molar-refractivity contribution in [2.75, 3.05) is 26.4 Å². The highest BCUT2D eigenvalue weighted by Crippen LogP contribution is 2.11. The van der Waals surface area contributed by atoms with E-state index in [9.17, 15) is 8.42 Å². The van der Waals surface area contributed by atoms with Crippen molar-refractivity contribution >= 4 is 16.0 Å². The van der Waals surface area contributed by atoms with Gasteiger partial charge in [0.05, 0.1) is 6.26 Å². The second-order valence-corrected chi connectivity index (χ2v) is 8.23. The molecule has 0 aromatic heterocycles. The Morgan fingerprint density at radius 3 is 2.32 bits per heavy atom. The summed E-state index contributed by atoms with van der Waals surface area (Å²) in [6, 6.07) is 0. The van der Waals surface area contributed by atoms with Crippen molar-refractivity contribution in [1.82, 2.24) is 15.4 Å². The molecule has 0 radical (unpaired) electrons. The highest BCUT2D eigenvalue weighted by atomic mass is 32.2. The predicted molar refractivity (Wildman–Crippen MR) is 94.7 cm³/mol. The molecule has 0 fully saturated rings. The number of rotatable bonds is 10. The van der Waals surface area contributed by atoms with Gasteiger partial charge in [0.15, 0.2) is 5.96 Å². The normalized spacial score (nSPS) is 14.7. The van der Waals surface area contributed by atoms with Crippen LogP contribution in [0.2, 0.25) is 0 Å². The highest BCUT2D eigenvalue weighted by molar-refractivity contribution is 7.88. The molecule has 0 aliphatic heterocycles. The molecule has 0 rings (SSSR count). The SMILES string of the molecule is CCCCC(CC)CNC(=NC)NCC(C)(C)NS(C)(=O)=O. The molecule has 7 heteroatoms. The lowest BCUT2D eigenvalue weighted by molar-refractivity contribution is 0.432. The average Bonchev–Trinajstić information content (AvgIpc) is 2.39. The molecule has 3 N–H and O–H groups in total. The van der Waals surface area contributed by atoms with Crippen molar-refractivity contribution in [2.24, 2.45) is 10.9 Å². The van der Waals surface area contributed by atoms with Gasteiger partial charge in [0.1, 0.15) is 0 Å². The van der Waals surface area contributed by atoms with Gasteiger partial charge in [-0.25, -0.2) is 13.1 Å². The van der Waals surface area contributed by atoms with Crippen LogP contribution in [0.1, 0.15) is 53.4 Å². The Labute approximate surface area is 136 Å². The number of hydrogen-bond acceptors (Lipinski definition) is 3. The number of nitrogens with zero attached hydrogens (tertiary/aromatic N) is 1. The summed E-state index contributed by atoms with van der Waals surface area (Å²) in [5.74, 6) is 1.35. The molecule has 0 heterocycles. The van der Waals surface area contributed by atoms with Gasteiger partial charge in [-0.3, -0.25) is 4.99 Å². The number of hydrogen-bond donors (Lipinski definition) is 3. The fourth-order valence-corrected chi connectivity index (χ4v) is 3.32. The zero-order valence-electron chi connectivity index (χ0n) is 15.0. The minimum atomic E-state index is -3.23. The molecular formula is C15H34N4O2S. The quantitative estimate of drug-likeness (QED) is 0.419. The minimum absolute atomic E-state index is 0.464. The van der Waals surface area contributed by atoms with Crippen LogP contribution in [0.5, 0.6) is 0 Å². The summed E-state index contributed by atoms with van der Waals surface area (Å²) in [7, 11) is -1.51. The Kier molecular flexibility index (Phi) is 9.67. The third-order valence-electron chi connectivity index (χ3n) is 3.48. The van der Waals surface area contributed by atoms with Crippen LogP contribution < -0.4 is 15.4 Å². The maximum Gasteiger partial charge on any atom is 0.209 e. The van der Waals surface area contributed by atoms with Crippen LogP contribution in [0.3, 0.4) is 0 Å². The lowest BCUT2D eigenvalue weighted by atomic mass is 9.99. The van der Waals surface area contributed by atoms with Gasteiger partial charge in [0.25, 0.3) is 0 Å². The van der Waals surface area contributed by atoms with E-state index >= 15 is 0 Å². The third-order valence-corrected chi connectivity index (χ3v) is 4.41. The van der Waals surface area contributed by atoms with Crippen LogP contribution in [0.15, 0.2) is 4.99 Å². The van der Waals surface area contributed by atoms with Gasteiger partial charge in [-0.05, 0) is 26.2 Å². The molecule has 1 unspecified atom stereocenters. The predicted octanol–water partition coefficient (Wildman–Crippen LogP) is 1.70. The molecule has 132 valence electrons. The van der Waals surface area contributed by atoms with Gasteiger partial charge >= 0.3 is 0 Å². The Bertz CT molecular complexity index is 433. The molecule has 0 aliphatic rings. The Morgan fingerprint density at radius 2 is 1.86 bits per heavy atom. The summed E-state index contributed by atoms with van der Waals surface area (Å²) in [5.41, 5.74) is -0.572. The highest BCUT2D eigenvalue weighted by Gasteiger charge is 2.22. The zero-order valence-corrected chi connectivity index (χ0v) is 15.8. The molecule has 0 aromatic rings. The van der Waals surface area contributed by atoms with Crippen LogP contribution >= 0.6 is 0 Å². The molecule has 0 spiro atoms. The first-order chi connectivity index (χ1) is 10.1. The number of nitrogens with one attached hydrogen (secondary N) is 3. The topological polar surface area (TPSA) is 82.6 Å². The Hall–Kier alpha value is -0.820. The van der Waals surface area contributed by atoms with E-state index in [-0.39, 0.29) is 0 Å². The molecule has 0 aromatic carbocycles. The van der Waals surface area contributed by atoms with Crippen molar-refractivity contribution in [2.45, 2.75) is 58.9 Å². The molecule has 0 saturated carbocycles. The van der Waals surface area contributed by atoms with E-state index in [0.29, 0.717) is 18.4 Å². The lowest BCUT2D eigenvalue weighted by Gasteiger charge is -2.27. The zero-order chi connectivity index (χ0) is 17.2. The van der Waals surface area contributed by atoms with Crippen molar-refractivity contribution in [1.29, 1.82) is 0 Å². The first-order valence-corrected chi connectivity index (χ1v) is 9.96. The van der Waals surface area contributed by atoms with E-state index < -0.39 is 15.6 Å². The maximum atomic E-state index is 11.3. The first-order valence-electron chi connectivity index (χ1n) is 8.07. The summed E-state index contributed by atoms with van der Waals surface area (Å²) in [6.45, 7) is 9.44. The fourth-order valence-electron chi connectivity index (χ4n) is 2.25. The Morgan fingerprint density at radius 1 is 1.23 bits per heavy atom. The molecule has 0 aliphatic carbocycles. The molecule has 0 saturated heterocycles. The maximum absolute atomic E-state index is 11.3. The van der Waals surface area contributed by atoms with Crippen molar-refractivity contribution in [3.05, 3.63) is 0 Å². The summed E-state index contributed by atoms with van der Waals surface area (Å²) >= 11 is 0. The van der Waals surface area contributed by atoms with Gasteiger partial charge < -0.3 is 10.6 Å². The summed E-state index contributed by atoms with van der Waals surface area (Å²) < 4.78 is 25.3. The van der Waals surface area contributed by atoms with E-state index in [1.807, 2.05) is 13.8 Å². The van der Waals surface area contributed by atoms with E-state index in [1.54, 1.807) is 7.05 Å². The average molecular weight is 335 g/mol. The number of unbranched alkanes of at least 4 members (excludes halogenated alkanes) is 1. The van der Waals surface area contributed by atoms with Crippen LogP contribution in [-0.2, 0) is 10.0 Å². The summed E-state index contributed by atoms with van der Waals surface area (Å²) in [4.78, 5) is 4.19. The van der Waals surface area contributed by atoms with Crippen LogP contribution in [-0.4, -0.2) is 46.3 Å². The van der Waals surface area contributed by atoms with Crippen LogP contribution in [0.4, 0.5) is 0 Å². The van der Waals surface area contributed by atoms with Crippen molar-refractivity contribution < 1.29 is 8.42 Å².